The van der Waals surface area contributed by atoms with Crippen LogP contribution in [0.25, 0.3) is 0 Å². The summed E-state index contributed by atoms with van der Waals surface area (Å²) in [6.45, 7) is 5.82. The van der Waals surface area contributed by atoms with Crippen molar-refractivity contribution in [1.82, 2.24) is 5.32 Å². The molecule has 2 unspecified atom stereocenters. The van der Waals surface area contributed by atoms with Crippen LogP contribution in [-0.2, 0) is 14.6 Å². The highest BCUT2D eigenvalue weighted by molar-refractivity contribution is 7.92. The van der Waals surface area contributed by atoms with Crippen LogP contribution >= 0.6 is 0 Å². The van der Waals surface area contributed by atoms with Crippen LogP contribution in [0.5, 0.6) is 0 Å². The van der Waals surface area contributed by atoms with Crippen molar-refractivity contribution in [2.24, 2.45) is 11.1 Å². The zero-order chi connectivity index (χ0) is 13.3. The van der Waals surface area contributed by atoms with Crippen molar-refractivity contribution in [3.63, 3.8) is 0 Å². The minimum Gasteiger partial charge on any atom is -0.353 e. The Hall–Kier alpha value is -0.620. The van der Waals surface area contributed by atoms with Crippen molar-refractivity contribution in [2.75, 3.05) is 12.3 Å². The highest BCUT2D eigenvalue weighted by atomic mass is 32.2. The molecule has 1 fully saturated rings. The third kappa shape index (κ3) is 3.67. The average molecular weight is 262 g/mol. The molecule has 1 heterocycles. The molecule has 0 bridgehead atoms. The number of carbonyl (C=O) groups excluding carboxylic acids is 1. The molecule has 5 nitrogen and oxygen atoms in total. The number of rotatable bonds is 3. The van der Waals surface area contributed by atoms with Gasteiger partial charge in [0.2, 0.25) is 5.91 Å². The molecule has 0 radical (unpaired) electrons. The highest BCUT2D eigenvalue weighted by Gasteiger charge is 2.33. The first-order valence-corrected chi connectivity index (χ1v) is 7.61. The van der Waals surface area contributed by atoms with Crippen molar-refractivity contribution in [1.29, 1.82) is 0 Å². The Labute approximate surface area is 103 Å². The molecule has 1 aliphatic rings. The minimum atomic E-state index is -3.00. The molecule has 0 saturated carbocycles. The second-order valence-corrected chi connectivity index (χ2v) is 8.12. The van der Waals surface area contributed by atoms with E-state index in [4.69, 9.17) is 5.73 Å². The fraction of sp³-hybridized carbons (Fsp3) is 0.909. The van der Waals surface area contributed by atoms with Gasteiger partial charge in [-0.1, -0.05) is 20.8 Å². The molecule has 100 valence electrons. The zero-order valence-electron chi connectivity index (χ0n) is 10.7. The molecule has 1 rings (SSSR count). The van der Waals surface area contributed by atoms with Crippen molar-refractivity contribution in [3.8, 4) is 0 Å². The Kier molecular flexibility index (Phi) is 4.19. The van der Waals surface area contributed by atoms with Crippen LogP contribution in [0, 0.1) is 5.41 Å². The number of hydrogen-bond donors (Lipinski definition) is 2. The smallest absolute Gasteiger partial charge is 0.237 e. The normalized spacial score (nSPS) is 25.5. The van der Waals surface area contributed by atoms with E-state index >= 15 is 0 Å². The first-order valence-electron chi connectivity index (χ1n) is 5.89. The van der Waals surface area contributed by atoms with E-state index in [2.05, 4.69) is 5.32 Å². The van der Waals surface area contributed by atoms with E-state index in [9.17, 15) is 13.2 Å². The molecule has 1 saturated heterocycles. The Morgan fingerprint density at radius 3 is 2.47 bits per heavy atom. The van der Waals surface area contributed by atoms with Gasteiger partial charge in [0.1, 0.15) is 0 Å². The SMILES string of the molecule is CC(C)(C)C(N)C(=O)NCC1CCCS1(=O)=O. The summed E-state index contributed by atoms with van der Waals surface area (Å²) in [7, 11) is -3.00. The third-order valence-corrected chi connectivity index (χ3v) is 5.46. The summed E-state index contributed by atoms with van der Waals surface area (Å²) in [4.78, 5) is 11.7. The largest absolute Gasteiger partial charge is 0.353 e. The average Bonchev–Trinajstić information content (AvgIpc) is 2.51. The van der Waals surface area contributed by atoms with Gasteiger partial charge in [-0.05, 0) is 18.3 Å². The molecule has 2 atom stereocenters. The van der Waals surface area contributed by atoms with Crippen molar-refractivity contribution in [3.05, 3.63) is 0 Å². The zero-order valence-corrected chi connectivity index (χ0v) is 11.5. The molecule has 6 heteroatoms. The Morgan fingerprint density at radius 2 is 2.06 bits per heavy atom. The van der Waals surface area contributed by atoms with E-state index in [0.29, 0.717) is 12.8 Å². The molecule has 1 aliphatic heterocycles. The van der Waals surface area contributed by atoms with Gasteiger partial charge in [0.15, 0.2) is 9.84 Å². The molecule has 0 spiro atoms. The summed E-state index contributed by atoms with van der Waals surface area (Å²) in [6.07, 6.45) is 1.32. The lowest BCUT2D eigenvalue weighted by Crippen LogP contribution is -2.50. The van der Waals surface area contributed by atoms with E-state index < -0.39 is 21.1 Å². The maximum absolute atomic E-state index is 11.7. The van der Waals surface area contributed by atoms with Gasteiger partial charge in [-0.3, -0.25) is 4.79 Å². The van der Waals surface area contributed by atoms with Gasteiger partial charge in [0, 0.05) is 6.54 Å². The Bertz CT molecular complexity index is 384. The second kappa shape index (κ2) is 4.94. The van der Waals surface area contributed by atoms with Crippen LogP contribution < -0.4 is 11.1 Å². The van der Waals surface area contributed by atoms with E-state index in [1.807, 2.05) is 20.8 Å². The fourth-order valence-electron chi connectivity index (χ4n) is 1.81. The van der Waals surface area contributed by atoms with Gasteiger partial charge in [-0.15, -0.1) is 0 Å². The fourth-order valence-corrected chi connectivity index (χ4v) is 3.57. The first-order chi connectivity index (χ1) is 7.64. The maximum atomic E-state index is 11.7. The van der Waals surface area contributed by atoms with Gasteiger partial charge < -0.3 is 11.1 Å². The van der Waals surface area contributed by atoms with Gasteiger partial charge >= 0.3 is 0 Å². The molecule has 0 aromatic carbocycles. The monoisotopic (exact) mass is 262 g/mol. The first kappa shape index (κ1) is 14.4. The number of nitrogens with two attached hydrogens (primary N) is 1. The molecule has 0 aromatic heterocycles. The second-order valence-electron chi connectivity index (χ2n) is 5.72. The Morgan fingerprint density at radius 1 is 1.47 bits per heavy atom. The van der Waals surface area contributed by atoms with Crippen LogP contribution in [0.3, 0.4) is 0 Å². The number of amides is 1. The Balaban J connectivity index is 2.49. The predicted octanol–water partition coefficient (Wildman–Crippen LogP) is 0.0532. The van der Waals surface area contributed by atoms with Gasteiger partial charge in [-0.2, -0.15) is 0 Å². The van der Waals surface area contributed by atoms with Crippen LogP contribution in [0.15, 0.2) is 0 Å². The maximum Gasteiger partial charge on any atom is 0.237 e. The summed E-state index contributed by atoms with van der Waals surface area (Å²) >= 11 is 0. The molecule has 0 aliphatic carbocycles. The predicted molar refractivity (Wildman–Crippen MR) is 67.2 cm³/mol. The molecular formula is C11H22N2O3S. The molecule has 1 amide bonds. The standard InChI is InChI=1S/C11H22N2O3S/c1-11(2,3)9(12)10(14)13-7-8-5-4-6-17(8,15)16/h8-9H,4-7,12H2,1-3H3,(H,13,14). The lowest BCUT2D eigenvalue weighted by atomic mass is 9.87. The molecule has 17 heavy (non-hydrogen) atoms. The van der Waals surface area contributed by atoms with Crippen LogP contribution in [0.1, 0.15) is 33.6 Å². The van der Waals surface area contributed by atoms with Crippen LogP contribution in [0.4, 0.5) is 0 Å². The number of sulfone groups is 1. The summed E-state index contributed by atoms with van der Waals surface area (Å²) < 4.78 is 23.1. The lowest BCUT2D eigenvalue weighted by Gasteiger charge is -2.26. The van der Waals surface area contributed by atoms with Crippen molar-refractivity contribution < 1.29 is 13.2 Å². The quantitative estimate of drug-likeness (QED) is 0.752. The summed E-state index contributed by atoms with van der Waals surface area (Å²) in [5, 5.41) is 2.21. The van der Waals surface area contributed by atoms with E-state index in [0.717, 1.165) is 0 Å². The number of nitrogens with one attached hydrogen (secondary N) is 1. The highest BCUT2D eigenvalue weighted by Crippen LogP contribution is 2.20. The number of carbonyl (C=O) groups is 1. The summed E-state index contributed by atoms with van der Waals surface area (Å²) in [5.74, 6) is -0.0432. The van der Waals surface area contributed by atoms with E-state index in [1.165, 1.54) is 0 Å². The van der Waals surface area contributed by atoms with E-state index in [1.54, 1.807) is 0 Å². The topological polar surface area (TPSA) is 89.3 Å². The van der Waals surface area contributed by atoms with Gasteiger partial charge in [-0.25, -0.2) is 8.42 Å². The van der Waals surface area contributed by atoms with Gasteiger partial charge in [0.25, 0.3) is 0 Å². The van der Waals surface area contributed by atoms with E-state index in [-0.39, 0.29) is 23.6 Å². The summed E-state index contributed by atoms with van der Waals surface area (Å²) in [5.41, 5.74) is 5.46. The summed E-state index contributed by atoms with van der Waals surface area (Å²) in [6, 6.07) is -0.619. The van der Waals surface area contributed by atoms with Crippen molar-refractivity contribution in [2.45, 2.75) is 44.9 Å². The van der Waals surface area contributed by atoms with Gasteiger partial charge in [0.05, 0.1) is 17.0 Å². The number of hydrogen-bond acceptors (Lipinski definition) is 4. The van der Waals surface area contributed by atoms with Crippen molar-refractivity contribution >= 4 is 15.7 Å². The molecule has 3 N–H and O–H groups in total. The minimum absolute atomic E-state index is 0.185. The third-order valence-electron chi connectivity index (χ3n) is 3.18. The lowest BCUT2D eigenvalue weighted by molar-refractivity contribution is -0.124. The molecule has 0 aromatic rings. The molecular weight excluding hydrogens is 240 g/mol. The van der Waals surface area contributed by atoms with Crippen LogP contribution in [-0.4, -0.2) is 37.9 Å². The van der Waals surface area contributed by atoms with Crippen LogP contribution in [0.2, 0.25) is 0 Å².